The van der Waals surface area contributed by atoms with Gasteiger partial charge in [0.15, 0.2) is 11.5 Å². The third-order valence-electron chi connectivity index (χ3n) is 4.68. The molecule has 1 aromatic carbocycles. The normalized spacial score (nSPS) is 16.9. The van der Waals surface area contributed by atoms with E-state index in [0.717, 1.165) is 25.2 Å². The molecule has 27 heavy (non-hydrogen) atoms. The largest absolute Gasteiger partial charge is 0.454 e. The average molecular weight is 386 g/mol. The Hall–Kier alpha value is -2.57. The van der Waals surface area contributed by atoms with E-state index in [1.807, 2.05) is 23.2 Å². The first-order chi connectivity index (χ1) is 13.2. The van der Waals surface area contributed by atoms with E-state index in [9.17, 15) is 4.79 Å². The topological polar surface area (TPSA) is 54.9 Å². The van der Waals surface area contributed by atoms with E-state index < -0.39 is 0 Å². The molecular formula is C20H20ClN3O3. The summed E-state index contributed by atoms with van der Waals surface area (Å²) in [4.78, 5) is 20.8. The molecule has 0 atom stereocenters. The Bertz CT molecular complexity index is 849. The molecule has 0 radical (unpaired) electrons. The number of hydrogen-bond acceptors (Lipinski definition) is 5. The van der Waals surface area contributed by atoms with Gasteiger partial charge in [0.25, 0.3) is 0 Å². The lowest BCUT2D eigenvalue weighted by molar-refractivity contribution is -0.127. The van der Waals surface area contributed by atoms with Crippen molar-refractivity contribution in [3.8, 4) is 11.5 Å². The molecule has 0 aliphatic carbocycles. The van der Waals surface area contributed by atoms with Crippen molar-refractivity contribution >= 4 is 23.6 Å². The minimum atomic E-state index is 0.00446. The highest BCUT2D eigenvalue weighted by atomic mass is 35.5. The van der Waals surface area contributed by atoms with Crippen LogP contribution in [0.5, 0.6) is 11.5 Å². The molecule has 2 aromatic rings. The number of ether oxygens (including phenoxy) is 2. The van der Waals surface area contributed by atoms with Gasteiger partial charge in [0.1, 0.15) is 0 Å². The predicted octanol–water partition coefficient (Wildman–Crippen LogP) is 2.82. The molecular weight excluding hydrogens is 366 g/mol. The summed E-state index contributed by atoms with van der Waals surface area (Å²) in [6.45, 7) is 4.16. The molecule has 0 spiro atoms. The second-order valence-corrected chi connectivity index (χ2v) is 6.94. The summed E-state index contributed by atoms with van der Waals surface area (Å²) >= 11 is 6.18. The minimum Gasteiger partial charge on any atom is -0.454 e. The molecule has 0 unspecified atom stereocenters. The molecule has 0 N–H and O–H groups in total. The van der Waals surface area contributed by atoms with Crippen LogP contribution in [0, 0.1) is 0 Å². The molecule has 1 amide bonds. The zero-order chi connectivity index (χ0) is 18.6. The maximum absolute atomic E-state index is 12.5. The molecule has 1 aromatic heterocycles. The summed E-state index contributed by atoms with van der Waals surface area (Å²) in [5.41, 5.74) is 2.00. The van der Waals surface area contributed by atoms with E-state index in [1.165, 1.54) is 5.56 Å². The molecule has 0 saturated carbocycles. The van der Waals surface area contributed by atoms with Crippen molar-refractivity contribution in [1.29, 1.82) is 0 Å². The Labute approximate surface area is 163 Å². The lowest BCUT2D eigenvalue weighted by atomic mass is 10.1. The Balaban J connectivity index is 1.32. The number of carbonyl (C=O) groups excluding carboxylic acids is 1. The Morgan fingerprint density at radius 3 is 2.85 bits per heavy atom. The Morgan fingerprint density at radius 2 is 2.07 bits per heavy atom. The zero-order valence-electron chi connectivity index (χ0n) is 14.8. The van der Waals surface area contributed by atoms with Crippen LogP contribution in [0.3, 0.4) is 0 Å². The van der Waals surface area contributed by atoms with Gasteiger partial charge in [-0.25, -0.2) is 0 Å². The van der Waals surface area contributed by atoms with Crippen molar-refractivity contribution < 1.29 is 14.3 Å². The van der Waals surface area contributed by atoms with Crippen molar-refractivity contribution in [3.63, 3.8) is 0 Å². The molecule has 1 fully saturated rings. The maximum atomic E-state index is 12.5. The number of piperazine rings is 1. The number of aromatic nitrogens is 1. The fraction of sp³-hybridized carbons (Fsp3) is 0.300. The van der Waals surface area contributed by atoms with E-state index in [0.29, 0.717) is 29.6 Å². The Morgan fingerprint density at radius 1 is 1.22 bits per heavy atom. The van der Waals surface area contributed by atoms with Gasteiger partial charge >= 0.3 is 0 Å². The number of rotatable bonds is 4. The number of pyridine rings is 1. The average Bonchev–Trinajstić information content (AvgIpc) is 3.17. The van der Waals surface area contributed by atoms with Crippen molar-refractivity contribution in [3.05, 3.63) is 58.9 Å². The first-order valence-electron chi connectivity index (χ1n) is 8.86. The summed E-state index contributed by atoms with van der Waals surface area (Å²) in [5, 5.41) is 0.487. The highest BCUT2D eigenvalue weighted by molar-refractivity contribution is 6.32. The number of benzene rings is 1. The van der Waals surface area contributed by atoms with E-state index in [4.69, 9.17) is 21.1 Å². The number of hydrogen-bond donors (Lipinski definition) is 0. The van der Waals surface area contributed by atoms with E-state index in [2.05, 4.69) is 16.0 Å². The van der Waals surface area contributed by atoms with Gasteiger partial charge in [-0.1, -0.05) is 17.7 Å². The number of carbonyl (C=O) groups is 1. The highest BCUT2D eigenvalue weighted by Crippen LogP contribution is 2.40. The van der Waals surface area contributed by atoms with Crippen molar-refractivity contribution in [2.24, 2.45) is 0 Å². The third-order valence-corrected chi connectivity index (χ3v) is 4.96. The molecule has 3 heterocycles. The molecule has 7 heteroatoms. The number of fused-ring (bicyclic) bond motifs is 1. The molecule has 2 aliphatic rings. The van der Waals surface area contributed by atoms with Crippen LogP contribution in [-0.2, 0) is 11.3 Å². The third kappa shape index (κ3) is 4.23. The first kappa shape index (κ1) is 17.8. The van der Waals surface area contributed by atoms with Gasteiger partial charge in [0, 0.05) is 51.2 Å². The molecule has 4 rings (SSSR count). The van der Waals surface area contributed by atoms with E-state index in [-0.39, 0.29) is 12.7 Å². The molecule has 2 aliphatic heterocycles. The fourth-order valence-electron chi connectivity index (χ4n) is 3.23. The van der Waals surface area contributed by atoms with Crippen molar-refractivity contribution in [1.82, 2.24) is 14.8 Å². The smallest absolute Gasteiger partial charge is 0.246 e. The summed E-state index contributed by atoms with van der Waals surface area (Å²) in [6, 6.07) is 7.61. The predicted molar refractivity (Wildman–Crippen MR) is 103 cm³/mol. The second-order valence-electron chi connectivity index (χ2n) is 6.53. The monoisotopic (exact) mass is 385 g/mol. The minimum absolute atomic E-state index is 0.00446. The molecule has 140 valence electrons. The van der Waals surface area contributed by atoms with Crippen LogP contribution in [0.2, 0.25) is 5.02 Å². The Kier molecular flexibility index (Phi) is 5.27. The lowest BCUT2D eigenvalue weighted by Crippen LogP contribution is -2.47. The molecule has 6 nitrogen and oxygen atoms in total. The molecule has 1 saturated heterocycles. The van der Waals surface area contributed by atoms with Gasteiger partial charge in [-0.2, -0.15) is 0 Å². The summed E-state index contributed by atoms with van der Waals surface area (Å²) in [5.74, 6) is 1.17. The highest BCUT2D eigenvalue weighted by Gasteiger charge is 2.20. The summed E-state index contributed by atoms with van der Waals surface area (Å²) in [7, 11) is 0. The zero-order valence-corrected chi connectivity index (χ0v) is 15.6. The van der Waals surface area contributed by atoms with Crippen LogP contribution < -0.4 is 9.47 Å². The van der Waals surface area contributed by atoms with Crippen LogP contribution in [0.25, 0.3) is 6.08 Å². The van der Waals surface area contributed by atoms with Gasteiger partial charge < -0.3 is 14.4 Å². The maximum Gasteiger partial charge on any atom is 0.246 e. The van der Waals surface area contributed by atoms with Crippen LogP contribution in [0.15, 0.2) is 42.7 Å². The van der Waals surface area contributed by atoms with Crippen molar-refractivity contribution in [2.75, 3.05) is 33.0 Å². The van der Waals surface area contributed by atoms with E-state index >= 15 is 0 Å². The quantitative estimate of drug-likeness (QED) is 0.757. The lowest BCUT2D eigenvalue weighted by Gasteiger charge is -2.34. The standard InChI is InChI=1S/C20H20ClN3O3/c21-17-10-15(11-18-20(17)27-14-26-18)3-4-19(25)24-8-6-23(7-9-24)13-16-2-1-5-22-12-16/h1-5,10-12H,6-9,13-14H2/b4-3+. The molecule has 0 bridgehead atoms. The summed E-state index contributed by atoms with van der Waals surface area (Å²) < 4.78 is 10.7. The van der Waals surface area contributed by atoms with Gasteiger partial charge in [-0.3, -0.25) is 14.7 Å². The van der Waals surface area contributed by atoms with Crippen LogP contribution >= 0.6 is 11.6 Å². The summed E-state index contributed by atoms with van der Waals surface area (Å²) in [6.07, 6.45) is 7.01. The van der Waals surface area contributed by atoms with Crippen LogP contribution in [0.1, 0.15) is 11.1 Å². The van der Waals surface area contributed by atoms with Gasteiger partial charge in [-0.05, 0) is 35.4 Å². The SMILES string of the molecule is O=C(/C=C/c1cc(Cl)c2c(c1)OCO2)N1CCN(Cc2cccnc2)CC1. The fourth-order valence-corrected chi connectivity index (χ4v) is 3.51. The van der Waals surface area contributed by atoms with E-state index in [1.54, 1.807) is 24.4 Å². The van der Waals surface area contributed by atoms with Gasteiger partial charge in [0.2, 0.25) is 12.7 Å². The number of nitrogens with zero attached hydrogens (tertiary/aromatic N) is 3. The second kappa shape index (κ2) is 7.98. The van der Waals surface area contributed by atoms with Crippen LogP contribution in [0.4, 0.5) is 0 Å². The number of halogens is 1. The van der Waals surface area contributed by atoms with Gasteiger partial charge in [-0.15, -0.1) is 0 Å². The van der Waals surface area contributed by atoms with Crippen LogP contribution in [-0.4, -0.2) is 53.7 Å². The first-order valence-corrected chi connectivity index (χ1v) is 9.24. The van der Waals surface area contributed by atoms with Gasteiger partial charge in [0.05, 0.1) is 5.02 Å². The van der Waals surface area contributed by atoms with Crippen molar-refractivity contribution in [2.45, 2.75) is 6.54 Å². The number of amides is 1.